The van der Waals surface area contributed by atoms with Crippen LogP contribution in [-0.2, 0) is 5.75 Å². The van der Waals surface area contributed by atoms with Crippen LogP contribution in [0, 0.1) is 0 Å². The number of ether oxygens (including phenoxy) is 1. The Balaban J connectivity index is 2.66. The summed E-state index contributed by atoms with van der Waals surface area (Å²) in [4.78, 5) is 0. The van der Waals surface area contributed by atoms with Crippen LogP contribution >= 0.6 is 23.5 Å². The molecule has 0 aliphatic rings. The lowest BCUT2D eigenvalue weighted by Crippen LogP contribution is -1.95. The summed E-state index contributed by atoms with van der Waals surface area (Å²) >= 11 is 3.51. The molecule has 0 amide bonds. The van der Waals surface area contributed by atoms with Crippen LogP contribution in [0.3, 0.4) is 0 Å². The molecule has 0 saturated heterocycles. The van der Waals surface area contributed by atoms with E-state index in [1.165, 1.54) is 5.56 Å². The first-order chi connectivity index (χ1) is 6.38. The summed E-state index contributed by atoms with van der Waals surface area (Å²) in [6.45, 7) is 0. The second-order valence-electron chi connectivity index (χ2n) is 2.59. The van der Waals surface area contributed by atoms with Gasteiger partial charge in [0.1, 0.15) is 11.7 Å². The Bertz CT molecular complexity index is 250. The average Bonchev–Trinajstić information content (AvgIpc) is 2.17. The van der Waals surface area contributed by atoms with E-state index in [1.54, 1.807) is 11.8 Å². The summed E-state index contributed by atoms with van der Waals surface area (Å²) in [5, 5.41) is 0. The Morgan fingerprint density at radius 2 is 1.92 bits per heavy atom. The molecule has 0 aliphatic heterocycles. The first kappa shape index (κ1) is 10.8. The van der Waals surface area contributed by atoms with E-state index in [9.17, 15) is 0 Å². The van der Waals surface area contributed by atoms with Crippen LogP contribution < -0.4 is 4.74 Å². The molecule has 0 heterocycles. The molecule has 0 atom stereocenters. The van der Waals surface area contributed by atoms with Gasteiger partial charge in [0, 0.05) is 11.3 Å². The minimum absolute atomic E-state index is 0.728. The predicted molar refractivity (Wildman–Crippen MR) is 62.7 cm³/mol. The van der Waals surface area contributed by atoms with E-state index in [-0.39, 0.29) is 0 Å². The highest BCUT2D eigenvalue weighted by Gasteiger charge is 2.00. The normalized spacial score (nSPS) is 10.0. The molecule has 0 bridgehead atoms. The lowest BCUT2D eigenvalue weighted by atomic mass is 10.2. The Morgan fingerprint density at radius 1 is 1.15 bits per heavy atom. The van der Waals surface area contributed by atoms with E-state index in [0.29, 0.717) is 0 Å². The Labute approximate surface area is 88.3 Å². The fraction of sp³-hybridized carbons (Fsp3) is 0.400. The highest BCUT2D eigenvalue weighted by molar-refractivity contribution is 7.98. The molecule has 0 aromatic heterocycles. The van der Waals surface area contributed by atoms with Crippen molar-refractivity contribution in [3.8, 4) is 5.75 Å². The highest BCUT2D eigenvalue weighted by atomic mass is 32.2. The van der Waals surface area contributed by atoms with Crippen molar-refractivity contribution in [2.45, 2.75) is 5.75 Å². The van der Waals surface area contributed by atoms with Gasteiger partial charge in [-0.25, -0.2) is 0 Å². The van der Waals surface area contributed by atoms with Crippen molar-refractivity contribution in [1.82, 2.24) is 0 Å². The number of thioether (sulfide) groups is 2. The van der Waals surface area contributed by atoms with Crippen LogP contribution in [0.2, 0.25) is 0 Å². The molecule has 1 rings (SSSR count). The van der Waals surface area contributed by atoms with Gasteiger partial charge in [0.15, 0.2) is 0 Å². The number of hydrogen-bond acceptors (Lipinski definition) is 3. The number of hydrogen-bond donors (Lipinski definition) is 0. The highest BCUT2D eigenvalue weighted by Crippen LogP contribution is 2.22. The molecule has 1 aromatic rings. The van der Waals surface area contributed by atoms with Gasteiger partial charge in [-0.1, -0.05) is 18.2 Å². The summed E-state index contributed by atoms with van der Waals surface area (Å²) < 4.78 is 5.59. The molecule has 0 N–H and O–H groups in total. The van der Waals surface area contributed by atoms with Crippen molar-refractivity contribution in [2.75, 3.05) is 18.5 Å². The van der Waals surface area contributed by atoms with Gasteiger partial charge in [0.25, 0.3) is 0 Å². The van der Waals surface area contributed by atoms with E-state index in [1.807, 2.05) is 30.2 Å². The first-order valence-corrected chi connectivity index (χ1v) is 6.86. The molecule has 0 saturated carbocycles. The molecule has 0 fully saturated rings. The van der Waals surface area contributed by atoms with Gasteiger partial charge in [-0.05, 0) is 18.6 Å². The molecular formula is C10H14OS2. The van der Waals surface area contributed by atoms with Crippen LogP contribution in [0.1, 0.15) is 5.56 Å². The number of rotatable bonds is 5. The minimum atomic E-state index is 0.728. The summed E-state index contributed by atoms with van der Waals surface area (Å²) in [5.41, 5.74) is 1.28. The third kappa shape index (κ3) is 3.53. The third-order valence-electron chi connectivity index (χ3n) is 1.60. The standard InChI is InChI=1S/C10H14OS2/c1-12-7-9-5-3-4-6-10(9)11-8-13-2/h3-6H,7-8H2,1-2H3. The zero-order valence-corrected chi connectivity index (χ0v) is 9.58. The average molecular weight is 214 g/mol. The lowest BCUT2D eigenvalue weighted by Gasteiger charge is -2.08. The first-order valence-electron chi connectivity index (χ1n) is 4.07. The van der Waals surface area contributed by atoms with Crippen LogP contribution in [0.25, 0.3) is 0 Å². The molecule has 1 aromatic carbocycles. The maximum absolute atomic E-state index is 5.59. The number of benzene rings is 1. The van der Waals surface area contributed by atoms with E-state index >= 15 is 0 Å². The van der Waals surface area contributed by atoms with Gasteiger partial charge in [-0.15, -0.1) is 11.8 Å². The van der Waals surface area contributed by atoms with E-state index in [0.717, 1.165) is 17.4 Å². The van der Waals surface area contributed by atoms with Gasteiger partial charge in [0.05, 0.1) is 0 Å². The van der Waals surface area contributed by atoms with E-state index in [2.05, 4.69) is 18.4 Å². The monoisotopic (exact) mass is 214 g/mol. The van der Waals surface area contributed by atoms with Crippen LogP contribution in [0.15, 0.2) is 24.3 Å². The maximum atomic E-state index is 5.59. The number of para-hydroxylation sites is 1. The van der Waals surface area contributed by atoms with E-state index < -0.39 is 0 Å². The second-order valence-corrected chi connectivity index (χ2v) is 4.27. The Hall–Kier alpha value is -0.280. The van der Waals surface area contributed by atoms with Crippen LogP contribution in [0.5, 0.6) is 5.75 Å². The Morgan fingerprint density at radius 3 is 2.62 bits per heavy atom. The van der Waals surface area contributed by atoms with Gasteiger partial charge in [0.2, 0.25) is 0 Å². The minimum Gasteiger partial charge on any atom is -0.483 e. The zero-order valence-electron chi connectivity index (χ0n) is 7.95. The topological polar surface area (TPSA) is 9.23 Å². The summed E-state index contributed by atoms with van der Waals surface area (Å²) in [6, 6.07) is 8.21. The largest absolute Gasteiger partial charge is 0.483 e. The van der Waals surface area contributed by atoms with Gasteiger partial charge >= 0.3 is 0 Å². The quantitative estimate of drug-likeness (QED) is 0.696. The van der Waals surface area contributed by atoms with E-state index in [4.69, 9.17) is 4.74 Å². The summed E-state index contributed by atoms with van der Waals surface area (Å²) in [6.07, 6.45) is 4.14. The zero-order chi connectivity index (χ0) is 9.52. The predicted octanol–water partition coefficient (Wildman–Crippen LogP) is 3.25. The Kier molecular flexibility index (Phi) is 5.16. The smallest absolute Gasteiger partial charge is 0.133 e. The van der Waals surface area contributed by atoms with Crippen LogP contribution in [0.4, 0.5) is 0 Å². The van der Waals surface area contributed by atoms with Gasteiger partial charge in [-0.2, -0.15) is 11.8 Å². The third-order valence-corrected chi connectivity index (χ3v) is 2.56. The molecule has 0 radical (unpaired) electrons. The maximum Gasteiger partial charge on any atom is 0.133 e. The van der Waals surface area contributed by atoms with Crippen molar-refractivity contribution in [3.63, 3.8) is 0 Å². The summed E-state index contributed by atoms with van der Waals surface area (Å²) in [7, 11) is 0. The van der Waals surface area contributed by atoms with Crippen molar-refractivity contribution in [1.29, 1.82) is 0 Å². The lowest BCUT2D eigenvalue weighted by molar-refractivity contribution is 0.390. The molecule has 0 spiro atoms. The molecular weight excluding hydrogens is 200 g/mol. The molecule has 1 nitrogen and oxygen atoms in total. The van der Waals surface area contributed by atoms with Crippen molar-refractivity contribution in [2.24, 2.45) is 0 Å². The molecule has 3 heteroatoms. The van der Waals surface area contributed by atoms with Crippen molar-refractivity contribution < 1.29 is 4.74 Å². The molecule has 72 valence electrons. The molecule has 0 unspecified atom stereocenters. The van der Waals surface area contributed by atoms with Crippen molar-refractivity contribution >= 4 is 23.5 Å². The van der Waals surface area contributed by atoms with Crippen molar-refractivity contribution in [3.05, 3.63) is 29.8 Å². The second kappa shape index (κ2) is 6.22. The SMILES string of the molecule is CSCOc1ccccc1CSC. The van der Waals surface area contributed by atoms with Crippen LogP contribution in [-0.4, -0.2) is 18.5 Å². The fourth-order valence-corrected chi connectivity index (χ4v) is 1.84. The fourth-order valence-electron chi connectivity index (χ4n) is 1.04. The summed E-state index contributed by atoms with van der Waals surface area (Å²) in [5.74, 6) is 2.77. The van der Waals surface area contributed by atoms with Gasteiger partial charge in [-0.3, -0.25) is 0 Å². The van der Waals surface area contributed by atoms with Gasteiger partial charge < -0.3 is 4.74 Å². The molecule has 0 aliphatic carbocycles. The molecule has 13 heavy (non-hydrogen) atoms.